The molecule has 1 unspecified atom stereocenters. The van der Waals surface area contributed by atoms with E-state index in [1.54, 1.807) is 0 Å². The van der Waals surface area contributed by atoms with Crippen molar-refractivity contribution in [3.8, 4) is 0 Å². The Morgan fingerprint density at radius 2 is 2.32 bits per heavy atom. The van der Waals surface area contributed by atoms with Crippen molar-refractivity contribution < 1.29 is 13.9 Å². The Kier molecular flexibility index (Phi) is 4.47. The highest BCUT2D eigenvalue weighted by atomic mass is 19.1. The molecule has 1 amide bonds. The predicted molar refractivity (Wildman–Crippen MR) is 69.0 cm³/mol. The maximum Gasteiger partial charge on any atom is 0.248 e. The van der Waals surface area contributed by atoms with Crippen molar-refractivity contribution in [3.05, 3.63) is 35.1 Å². The average Bonchev–Trinajstić information content (AvgIpc) is 2.41. The van der Waals surface area contributed by atoms with Gasteiger partial charge in [-0.3, -0.25) is 9.69 Å². The lowest BCUT2D eigenvalue weighted by Gasteiger charge is -2.32. The Hall–Kier alpha value is -1.50. The summed E-state index contributed by atoms with van der Waals surface area (Å²) in [4.78, 5) is 13.2. The number of nitrogens with two attached hydrogens (primary N) is 2. The van der Waals surface area contributed by atoms with Gasteiger partial charge in [0.2, 0.25) is 5.91 Å². The zero-order valence-corrected chi connectivity index (χ0v) is 10.6. The first kappa shape index (κ1) is 13.9. The highest BCUT2D eigenvalue weighted by Gasteiger charge is 2.20. The van der Waals surface area contributed by atoms with Crippen LogP contribution < -0.4 is 11.5 Å². The van der Waals surface area contributed by atoms with Crippen LogP contribution in [0.3, 0.4) is 0 Å². The highest BCUT2D eigenvalue weighted by molar-refractivity contribution is 5.92. The summed E-state index contributed by atoms with van der Waals surface area (Å²) in [6.45, 7) is 2.83. The first-order valence-electron chi connectivity index (χ1n) is 6.22. The van der Waals surface area contributed by atoms with Gasteiger partial charge in [0, 0.05) is 37.3 Å². The van der Waals surface area contributed by atoms with E-state index >= 15 is 0 Å². The first-order chi connectivity index (χ1) is 9.10. The lowest BCUT2D eigenvalue weighted by atomic mass is 10.1. The van der Waals surface area contributed by atoms with Crippen LogP contribution in [0.5, 0.6) is 0 Å². The molecule has 6 heteroatoms. The third-order valence-corrected chi connectivity index (χ3v) is 3.21. The molecule has 0 saturated carbocycles. The zero-order valence-electron chi connectivity index (χ0n) is 10.6. The van der Waals surface area contributed by atoms with Crippen LogP contribution in [0.25, 0.3) is 0 Å². The van der Waals surface area contributed by atoms with Crippen LogP contribution in [0.4, 0.5) is 4.39 Å². The molecule has 19 heavy (non-hydrogen) atoms. The van der Waals surface area contributed by atoms with Gasteiger partial charge in [0.25, 0.3) is 0 Å². The third-order valence-electron chi connectivity index (χ3n) is 3.21. The highest BCUT2D eigenvalue weighted by Crippen LogP contribution is 2.15. The molecule has 0 aliphatic carbocycles. The summed E-state index contributed by atoms with van der Waals surface area (Å²) in [7, 11) is 0. The fourth-order valence-corrected chi connectivity index (χ4v) is 2.16. The number of nitrogens with zero attached hydrogens (tertiary/aromatic N) is 1. The summed E-state index contributed by atoms with van der Waals surface area (Å²) in [5.41, 5.74) is 11.5. The molecule has 1 saturated heterocycles. The van der Waals surface area contributed by atoms with Gasteiger partial charge in [0.05, 0.1) is 12.7 Å². The first-order valence-corrected chi connectivity index (χ1v) is 6.22. The summed E-state index contributed by atoms with van der Waals surface area (Å²) < 4.78 is 19.2. The van der Waals surface area contributed by atoms with Crippen molar-refractivity contribution in [2.24, 2.45) is 11.5 Å². The summed E-state index contributed by atoms with van der Waals surface area (Å²) in [6, 6.07) is 4.17. The number of amides is 1. The molecule has 1 atom stereocenters. The van der Waals surface area contributed by atoms with E-state index in [0.29, 0.717) is 37.4 Å². The minimum Gasteiger partial charge on any atom is -0.374 e. The van der Waals surface area contributed by atoms with Crippen molar-refractivity contribution in [2.45, 2.75) is 12.6 Å². The van der Waals surface area contributed by atoms with Gasteiger partial charge in [-0.15, -0.1) is 0 Å². The van der Waals surface area contributed by atoms with E-state index < -0.39 is 5.91 Å². The molecule has 1 fully saturated rings. The monoisotopic (exact) mass is 267 g/mol. The third kappa shape index (κ3) is 3.50. The second-order valence-electron chi connectivity index (χ2n) is 4.63. The van der Waals surface area contributed by atoms with E-state index in [0.717, 1.165) is 6.54 Å². The molecule has 1 aromatic rings. The number of ether oxygens (including phenoxy) is 1. The molecule has 0 spiro atoms. The number of benzene rings is 1. The summed E-state index contributed by atoms with van der Waals surface area (Å²) in [5.74, 6) is -0.885. The van der Waals surface area contributed by atoms with Gasteiger partial charge in [-0.1, -0.05) is 0 Å². The Morgan fingerprint density at radius 1 is 1.53 bits per heavy atom. The molecule has 0 aromatic heterocycles. The van der Waals surface area contributed by atoms with Gasteiger partial charge in [0.1, 0.15) is 5.82 Å². The van der Waals surface area contributed by atoms with Crippen LogP contribution >= 0.6 is 0 Å². The molecule has 1 aromatic carbocycles. The van der Waals surface area contributed by atoms with E-state index in [2.05, 4.69) is 4.90 Å². The number of hydrogen-bond acceptors (Lipinski definition) is 4. The second-order valence-corrected chi connectivity index (χ2v) is 4.63. The molecule has 0 bridgehead atoms. The van der Waals surface area contributed by atoms with Crippen LogP contribution in [-0.4, -0.2) is 43.2 Å². The van der Waals surface area contributed by atoms with Gasteiger partial charge < -0.3 is 16.2 Å². The summed E-state index contributed by atoms with van der Waals surface area (Å²) in [6.07, 6.45) is -0.0175. The lowest BCUT2D eigenvalue weighted by molar-refractivity contribution is -0.0263. The van der Waals surface area contributed by atoms with E-state index in [-0.39, 0.29) is 11.9 Å². The second kappa shape index (κ2) is 6.10. The molecule has 2 rings (SSSR count). The molecule has 0 radical (unpaired) electrons. The number of halogens is 1. The van der Waals surface area contributed by atoms with E-state index in [1.807, 2.05) is 0 Å². The van der Waals surface area contributed by atoms with Gasteiger partial charge >= 0.3 is 0 Å². The number of hydrogen-bond donors (Lipinski definition) is 2. The summed E-state index contributed by atoms with van der Waals surface area (Å²) in [5, 5.41) is 0. The van der Waals surface area contributed by atoms with Crippen LogP contribution in [0.2, 0.25) is 0 Å². The van der Waals surface area contributed by atoms with Gasteiger partial charge in [-0.05, 0) is 18.2 Å². The smallest absolute Gasteiger partial charge is 0.248 e. The van der Waals surface area contributed by atoms with Gasteiger partial charge in [0.15, 0.2) is 0 Å². The zero-order chi connectivity index (χ0) is 13.8. The largest absolute Gasteiger partial charge is 0.374 e. The van der Waals surface area contributed by atoms with Crippen molar-refractivity contribution in [2.75, 3.05) is 26.2 Å². The molecule has 1 aliphatic rings. The Labute approximate surface area is 111 Å². The van der Waals surface area contributed by atoms with Crippen molar-refractivity contribution in [3.63, 3.8) is 0 Å². The van der Waals surface area contributed by atoms with E-state index in [1.165, 1.54) is 18.2 Å². The number of rotatable bonds is 4. The quantitative estimate of drug-likeness (QED) is 0.809. The van der Waals surface area contributed by atoms with Crippen LogP contribution in [0, 0.1) is 5.82 Å². The van der Waals surface area contributed by atoms with E-state index in [4.69, 9.17) is 16.2 Å². The number of carbonyl (C=O) groups excluding carboxylic acids is 1. The molecule has 104 valence electrons. The van der Waals surface area contributed by atoms with Gasteiger partial charge in [-0.25, -0.2) is 4.39 Å². The SMILES string of the molecule is NCC1CN(Cc2cc(C(N)=O)ccc2F)CCO1. The molecular weight excluding hydrogens is 249 g/mol. The standard InChI is InChI=1S/C13H18FN3O2/c14-12-2-1-9(13(16)18)5-10(12)7-17-3-4-19-11(6-15)8-17/h1-2,5,11H,3-4,6-8,15H2,(H2,16,18). The van der Waals surface area contributed by atoms with Gasteiger partial charge in [-0.2, -0.15) is 0 Å². The normalized spacial score (nSPS) is 20.4. The molecule has 1 aliphatic heterocycles. The molecule has 4 N–H and O–H groups in total. The average molecular weight is 267 g/mol. The Balaban J connectivity index is 2.09. The number of primary amides is 1. The maximum atomic E-state index is 13.7. The van der Waals surface area contributed by atoms with Crippen molar-refractivity contribution in [1.82, 2.24) is 4.90 Å². The van der Waals surface area contributed by atoms with Crippen molar-refractivity contribution >= 4 is 5.91 Å². The van der Waals surface area contributed by atoms with Crippen molar-refractivity contribution in [1.29, 1.82) is 0 Å². The van der Waals surface area contributed by atoms with Crippen LogP contribution in [0.15, 0.2) is 18.2 Å². The molecule has 1 heterocycles. The summed E-state index contributed by atoms with van der Waals surface area (Å²) >= 11 is 0. The number of morpholine rings is 1. The van der Waals surface area contributed by atoms with E-state index in [9.17, 15) is 9.18 Å². The lowest BCUT2D eigenvalue weighted by Crippen LogP contribution is -2.45. The molecule has 5 nitrogen and oxygen atoms in total. The number of carbonyl (C=O) groups is 1. The topological polar surface area (TPSA) is 81.6 Å². The fourth-order valence-electron chi connectivity index (χ4n) is 2.16. The van der Waals surface area contributed by atoms with Crippen LogP contribution in [-0.2, 0) is 11.3 Å². The van der Waals surface area contributed by atoms with Crippen LogP contribution in [0.1, 0.15) is 15.9 Å². The Bertz CT molecular complexity index is 467. The minimum absolute atomic E-state index is 0.0175. The maximum absolute atomic E-state index is 13.7. The molecular formula is C13H18FN3O2. The minimum atomic E-state index is -0.553. The predicted octanol–water partition coefficient (Wildman–Crippen LogP) is 0.0841. The Morgan fingerprint density at radius 3 is 3.00 bits per heavy atom. The fraction of sp³-hybridized carbons (Fsp3) is 0.462.